The zero-order chi connectivity index (χ0) is 20.4. The van der Waals surface area contributed by atoms with Crippen molar-refractivity contribution in [3.05, 3.63) is 83.9 Å². The van der Waals surface area contributed by atoms with Crippen LogP contribution in [0.2, 0.25) is 0 Å². The van der Waals surface area contributed by atoms with E-state index in [4.69, 9.17) is 4.74 Å². The Morgan fingerprint density at radius 1 is 0.897 bits per heavy atom. The van der Waals surface area contributed by atoms with Crippen LogP contribution in [0.1, 0.15) is 36.6 Å². The van der Waals surface area contributed by atoms with E-state index in [1.54, 1.807) is 12.1 Å². The van der Waals surface area contributed by atoms with Crippen molar-refractivity contribution >= 4 is 9.84 Å². The molecule has 0 saturated heterocycles. The molecule has 1 heterocycles. The molecule has 0 spiro atoms. The topological polar surface area (TPSA) is 55.4 Å². The molecular weight excluding hydrogens is 382 g/mol. The molecule has 4 rings (SSSR count). The smallest absolute Gasteiger partial charge is 0.175 e. The van der Waals surface area contributed by atoms with Crippen LogP contribution in [0.3, 0.4) is 0 Å². The second-order valence-corrected chi connectivity index (χ2v) is 9.54. The Labute approximate surface area is 172 Å². The van der Waals surface area contributed by atoms with Crippen LogP contribution in [0.5, 0.6) is 5.75 Å². The number of nitrogens with one attached hydrogen (secondary N) is 1. The molecule has 2 unspecified atom stereocenters. The van der Waals surface area contributed by atoms with Gasteiger partial charge in [-0.2, -0.15) is 0 Å². The SMILES string of the molecule is CC1NCCC(Oc2ccccc2)c2ccc(-c3ccc(S(C)(=O)=O)cc3)cc21. The minimum Gasteiger partial charge on any atom is -0.486 e. The molecule has 5 heteroatoms. The lowest BCUT2D eigenvalue weighted by atomic mass is 9.93. The van der Waals surface area contributed by atoms with Crippen LogP contribution in [0.25, 0.3) is 11.1 Å². The van der Waals surface area contributed by atoms with Crippen molar-refractivity contribution in [2.24, 2.45) is 0 Å². The molecule has 2 atom stereocenters. The summed E-state index contributed by atoms with van der Waals surface area (Å²) in [6.07, 6.45) is 2.12. The molecule has 29 heavy (non-hydrogen) atoms. The predicted molar refractivity (Wildman–Crippen MR) is 116 cm³/mol. The van der Waals surface area contributed by atoms with Crippen LogP contribution in [0, 0.1) is 0 Å². The second kappa shape index (κ2) is 8.01. The van der Waals surface area contributed by atoms with E-state index in [-0.39, 0.29) is 12.1 Å². The van der Waals surface area contributed by atoms with Crippen LogP contribution < -0.4 is 10.1 Å². The Kier molecular flexibility index (Phi) is 5.43. The fourth-order valence-electron chi connectivity index (χ4n) is 3.80. The summed E-state index contributed by atoms with van der Waals surface area (Å²) >= 11 is 0. The van der Waals surface area contributed by atoms with Crippen molar-refractivity contribution in [1.29, 1.82) is 0 Å². The summed E-state index contributed by atoms with van der Waals surface area (Å²) in [4.78, 5) is 0.336. The quantitative estimate of drug-likeness (QED) is 0.666. The number of sulfone groups is 1. The largest absolute Gasteiger partial charge is 0.486 e. The molecule has 0 bridgehead atoms. The first-order valence-corrected chi connectivity index (χ1v) is 11.7. The zero-order valence-corrected chi connectivity index (χ0v) is 17.4. The number of hydrogen-bond donors (Lipinski definition) is 1. The van der Waals surface area contributed by atoms with Crippen molar-refractivity contribution in [2.45, 2.75) is 30.4 Å². The normalized spacial score (nSPS) is 19.2. The Morgan fingerprint density at radius 3 is 2.28 bits per heavy atom. The molecule has 0 aliphatic carbocycles. The van der Waals surface area contributed by atoms with Gasteiger partial charge in [0.15, 0.2) is 9.84 Å². The first-order valence-electron chi connectivity index (χ1n) is 9.81. The van der Waals surface area contributed by atoms with Gasteiger partial charge in [0, 0.05) is 18.7 Å². The summed E-state index contributed by atoms with van der Waals surface area (Å²) in [5.74, 6) is 0.874. The van der Waals surface area contributed by atoms with Crippen molar-refractivity contribution in [2.75, 3.05) is 12.8 Å². The van der Waals surface area contributed by atoms with Gasteiger partial charge in [-0.15, -0.1) is 0 Å². The van der Waals surface area contributed by atoms with Crippen LogP contribution in [0.4, 0.5) is 0 Å². The molecule has 1 aliphatic rings. The number of hydrogen-bond acceptors (Lipinski definition) is 4. The van der Waals surface area contributed by atoms with Gasteiger partial charge in [0.2, 0.25) is 0 Å². The standard InChI is InChI=1S/C24H25NO3S/c1-17-23-16-19(18-8-11-21(12-9-18)29(2,26)27)10-13-22(23)24(14-15-25-17)28-20-6-4-3-5-7-20/h3-13,16-17,24-25H,14-15H2,1-2H3. The van der Waals surface area contributed by atoms with Gasteiger partial charge in [-0.05, 0) is 66.1 Å². The van der Waals surface area contributed by atoms with E-state index in [0.717, 1.165) is 29.8 Å². The summed E-state index contributed by atoms with van der Waals surface area (Å²) in [6, 6.07) is 23.6. The van der Waals surface area contributed by atoms with E-state index >= 15 is 0 Å². The fraction of sp³-hybridized carbons (Fsp3) is 0.250. The Balaban J connectivity index is 1.68. The molecule has 1 aliphatic heterocycles. The molecule has 4 nitrogen and oxygen atoms in total. The summed E-state index contributed by atoms with van der Waals surface area (Å²) in [5, 5.41) is 3.56. The Morgan fingerprint density at radius 2 is 1.59 bits per heavy atom. The Bertz CT molecular complexity index is 1090. The van der Waals surface area contributed by atoms with E-state index < -0.39 is 9.84 Å². The highest BCUT2D eigenvalue weighted by molar-refractivity contribution is 7.90. The minimum absolute atomic E-state index is 0.00786. The molecule has 3 aromatic rings. The molecule has 0 fully saturated rings. The van der Waals surface area contributed by atoms with Gasteiger partial charge in [0.1, 0.15) is 11.9 Å². The number of para-hydroxylation sites is 1. The number of benzene rings is 3. The van der Waals surface area contributed by atoms with Crippen molar-refractivity contribution in [3.63, 3.8) is 0 Å². The van der Waals surface area contributed by atoms with Gasteiger partial charge >= 0.3 is 0 Å². The maximum atomic E-state index is 11.7. The predicted octanol–water partition coefficient (Wildman–Crippen LogP) is 4.93. The lowest BCUT2D eigenvalue weighted by molar-refractivity contribution is 0.197. The number of ether oxygens (including phenoxy) is 1. The van der Waals surface area contributed by atoms with E-state index in [1.165, 1.54) is 17.4 Å². The summed E-state index contributed by atoms with van der Waals surface area (Å²) in [7, 11) is -3.19. The fourth-order valence-corrected chi connectivity index (χ4v) is 4.43. The van der Waals surface area contributed by atoms with E-state index in [1.807, 2.05) is 42.5 Å². The van der Waals surface area contributed by atoms with E-state index in [2.05, 4.69) is 30.4 Å². The van der Waals surface area contributed by atoms with Gasteiger partial charge < -0.3 is 10.1 Å². The highest BCUT2D eigenvalue weighted by Crippen LogP contribution is 2.35. The molecular formula is C24H25NO3S. The van der Waals surface area contributed by atoms with Gasteiger partial charge in [-0.25, -0.2) is 8.42 Å². The molecule has 0 aromatic heterocycles. The monoisotopic (exact) mass is 407 g/mol. The third kappa shape index (κ3) is 4.36. The van der Waals surface area contributed by atoms with Crippen molar-refractivity contribution in [3.8, 4) is 16.9 Å². The summed E-state index contributed by atoms with van der Waals surface area (Å²) in [5.41, 5.74) is 4.48. The van der Waals surface area contributed by atoms with Crippen molar-refractivity contribution in [1.82, 2.24) is 5.32 Å². The zero-order valence-electron chi connectivity index (χ0n) is 16.6. The van der Waals surface area contributed by atoms with Gasteiger partial charge in [0.05, 0.1) is 4.90 Å². The average Bonchev–Trinajstić information content (AvgIpc) is 2.87. The molecule has 0 radical (unpaired) electrons. The first kappa shape index (κ1) is 19.7. The summed E-state index contributed by atoms with van der Waals surface area (Å²) in [6.45, 7) is 3.05. The minimum atomic E-state index is -3.19. The van der Waals surface area contributed by atoms with E-state index in [9.17, 15) is 8.42 Å². The maximum absolute atomic E-state index is 11.7. The second-order valence-electron chi connectivity index (χ2n) is 7.52. The molecule has 0 amide bonds. The first-order chi connectivity index (χ1) is 13.9. The molecule has 3 aromatic carbocycles. The Hall–Kier alpha value is -2.63. The van der Waals surface area contributed by atoms with Crippen LogP contribution in [0.15, 0.2) is 77.7 Å². The number of fused-ring (bicyclic) bond motifs is 1. The van der Waals surface area contributed by atoms with E-state index in [0.29, 0.717) is 4.90 Å². The molecule has 0 saturated carbocycles. The third-order valence-corrected chi connectivity index (χ3v) is 6.52. The molecule has 1 N–H and O–H groups in total. The molecule has 150 valence electrons. The van der Waals surface area contributed by atoms with Gasteiger partial charge in [-0.1, -0.05) is 42.5 Å². The highest BCUT2D eigenvalue weighted by Gasteiger charge is 2.24. The lowest BCUT2D eigenvalue weighted by Crippen LogP contribution is -2.18. The van der Waals surface area contributed by atoms with Crippen LogP contribution in [-0.2, 0) is 9.84 Å². The highest BCUT2D eigenvalue weighted by atomic mass is 32.2. The van der Waals surface area contributed by atoms with Crippen molar-refractivity contribution < 1.29 is 13.2 Å². The maximum Gasteiger partial charge on any atom is 0.175 e. The van der Waals surface area contributed by atoms with Gasteiger partial charge in [0.25, 0.3) is 0 Å². The third-order valence-electron chi connectivity index (χ3n) is 5.39. The summed E-state index contributed by atoms with van der Waals surface area (Å²) < 4.78 is 29.7. The average molecular weight is 408 g/mol. The van der Waals surface area contributed by atoms with Crippen LogP contribution >= 0.6 is 0 Å². The van der Waals surface area contributed by atoms with Crippen LogP contribution in [-0.4, -0.2) is 21.2 Å². The lowest BCUT2D eigenvalue weighted by Gasteiger charge is -2.21. The number of rotatable bonds is 4. The van der Waals surface area contributed by atoms with Gasteiger partial charge in [-0.3, -0.25) is 0 Å².